The van der Waals surface area contributed by atoms with Gasteiger partial charge in [0.05, 0.1) is 31.0 Å². The number of halogens is 1. The predicted octanol–water partition coefficient (Wildman–Crippen LogP) is 3.89. The highest BCUT2D eigenvalue weighted by Crippen LogP contribution is 2.26. The Morgan fingerprint density at radius 3 is 3.00 bits per heavy atom. The largest absolute Gasteiger partial charge is 0.372 e. The molecule has 0 radical (unpaired) electrons. The van der Waals surface area contributed by atoms with Crippen LogP contribution in [0.4, 0.5) is 15.9 Å². The molecule has 0 bridgehead atoms. The molecular weight excluding hydrogens is 433 g/mol. The number of anilines is 2. The number of ether oxygens (including phenoxy) is 1. The van der Waals surface area contributed by atoms with Gasteiger partial charge in [0.25, 0.3) is 0 Å². The van der Waals surface area contributed by atoms with Crippen molar-refractivity contribution in [1.82, 2.24) is 29.7 Å². The summed E-state index contributed by atoms with van der Waals surface area (Å²) < 4.78 is 23.3. The molecule has 1 aliphatic heterocycles. The van der Waals surface area contributed by atoms with E-state index >= 15 is 0 Å². The number of hydrogen-bond donors (Lipinski definition) is 2. The first-order valence-electron chi connectivity index (χ1n) is 11.3. The van der Waals surface area contributed by atoms with Crippen LogP contribution in [0.5, 0.6) is 0 Å². The van der Waals surface area contributed by atoms with Crippen molar-refractivity contribution in [2.75, 3.05) is 18.4 Å². The third kappa shape index (κ3) is 4.11. The quantitative estimate of drug-likeness (QED) is 0.386. The highest BCUT2D eigenvalue weighted by atomic mass is 19.1. The Labute approximate surface area is 195 Å². The molecule has 3 aromatic heterocycles. The second kappa shape index (κ2) is 8.85. The van der Waals surface area contributed by atoms with Crippen molar-refractivity contribution in [2.45, 2.75) is 25.7 Å². The van der Waals surface area contributed by atoms with Crippen molar-refractivity contribution >= 4 is 27.9 Å². The maximum atomic E-state index is 13.6. The molecule has 1 fully saturated rings. The van der Waals surface area contributed by atoms with E-state index in [9.17, 15) is 4.39 Å². The lowest BCUT2D eigenvalue weighted by atomic mass is 10.2. The Hall–Kier alpha value is -3.82. The molecule has 0 unspecified atom stereocenters. The van der Waals surface area contributed by atoms with E-state index in [0.717, 1.165) is 58.6 Å². The van der Waals surface area contributed by atoms with Crippen molar-refractivity contribution in [3.63, 3.8) is 0 Å². The lowest BCUT2D eigenvalue weighted by molar-refractivity contribution is 0.0549. The van der Waals surface area contributed by atoms with Crippen LogP contribution in [0.25, 0.3) is 16.4 Å². The van der Waals surface area contributed by atoms with Gasteiger partial charge >= 0.3 is 0 Å². The molecule has 2 N–H and O–H groups in total. The van der Waals surface area contributed by atoms with Crippen LogP contribution < -0.4 is 10.6 Å². The minimum absolute atomic E-state index is 0.238. The summed E-state index contributed by atoms with van der Waals surface area (Å²) in [5, 5.41) is 16.6. The summed E-state index contributed by atoms with van der Waals surface area (Å²) in [6, 6.07) is 14.7. The van der Waals surface area contributed by atoms with Gasteiger partial charge in [-0.2, -0.15) is 10.2 Å². The Morgan fingerprint density at radius 2 is 2.12 bits per heavy atom. The van der Waals surface area contributed by atoms with Gasteiger partial charge in [0.1, 0.15) is 17.7 Å². The third-order valence-electron chi connectivity index (χ3n) is 6.15. The van der Waals surface area contributed by atoms with Gasteiger partial charge in [-0.05, 0) is 54.9 Å². The topological polar surface area (TPSA) is 81.3 Å². The minimum Gasteiger partial charge on any atom is -0.372 e. The fourth-order valence-electron chi connectivity index (χ4n) is 4.44. The average Bonchev–Trinajstić information content (AvgIpc) is 3.59. The second-order valence-electron chi connectivity index (χ2n) is 8.50. The van der Waals surface area contributed by atoms with Crippen molar-refractivity contribution in [1.29, 1.82) is 0 Å². The van der Waals surface area contributed by atoms with Gasteiger partial charge in [-0.3, -0.25) is 4.68 Å². The van der Waals surface area contributed by atoms with Gasteiger partial charge < -0.3 is 15.4 Å². The zero-order valence-corrected chi connectivity index (χ0v) is 18.5. The van der Waals surface area contributed by atoms with Gasteiger partial charge in [0.15, 0.2) is 5.82 Å². The van der Waals surface area contributed by atoms with Crippen LogP contribution in [0.1, 0.15) is 17.5 Å². The molecule has 1 aliphatic rings. The summed E-state index contributed by atoms with van der Waals surface area (Å²) in [4.78, 5) is 4.50. The zero-order valence-electron chi connectivity index (χ0n) is 18.5. The van der Waals surface area contributed by atoms with E-state index in [1.54, 1.807) is 6.07 Å². The van der Waals surface area contributed by atoms with E-state index in [1.165, 1.54) is 18.5 Å². The normalized spacial score (nSPS) is 16.0. The van der Waals surface area contributed by atoms with E-state index in [0.29, 0.717) is 13.2 Å². The van der Waals surface area contributed by atoms with E-state index in [2.05, 4.69) is 25.8 Å². The second-order valence-corrected chi connectivity index (χ2v) is 8.50. The summed E-state index contributed by atoms with van der Waals surface area (Å²) in [7, 11) is 0. The molecule has 1 saturated heterocycles. The van der Waals surface area contributed by atoms with Crippen molar-refractivity contribution in [2.24, 2.45) is 0 Å². The maximum Gasteiger partial charge on any atom is 0.158 e. The highest BCUT2D eigenvalue weighted by molar-refractivity contribution is 5.85. The van der Waals surface area contributed by atoms with Crippen LogP contribution in [0.3, 0.4) is 0 Å². The Kier molecular flexibility index (Phi) is 5.40. The number of hydrogen-bond acceptors (Lipinski definition) is 6. The van der Waals surface area contributed by atoms with Gasteiger partial charge in [0.2, 0.25) is 0 Å². The lowest BCUT2D eigenvalue weighted by Crippen LogP contribution is -2.16. The fourth-order valence-corrected chi connectivity index (χ4v) is 4.44. The van der Waals surface area contributed by atoms with E-state index in [1.807, 2.05) is 51.9 Å². The van der Waals surface area contributed by atoms with Crippen LogP contribution in [-0.2, 0) is 17.9 Å². The summed E-state index contributed by atoms with van der Waals surface area (Å²) in [6.07, 6.45) is 6.55. The van der Waals surface area contributed by atoms with Crippen LogP contribution in [0.2, 0.25) is 0 Å². The van der Waals surface area contributed by atoms with Crippen LogP contribution in [0.15, 0.2) is 67.3 Å². The van der Waals surface area contributed by atoms with Gasteiger partial charge in [-0.25, -0.2) is 13.9 Å². The Bertz CT molecular complexity index is 1450. The predicted molar refractivity (Wildman–Crippen MR) is 128 cm³/mol. The highest BCUT2D eigenvalue weighted by Gasteiger charge is 2.17. The molecule has 0 aliphatic carbocycles. The van der Waals surface area contributed by atoms with Crippen molar-refractivity contribution in [3.05, 3.63) is 84.2 Å². The van der Waals surface area contributed by atoms with Gasteiger partial charge in [-0.1, -0.05) is 12.1 Å². The van der Waals surface area contributed by atoms with E-state index in [-0.39, 0.29) is 11.9 Å². The van der Waals surface area contributed by atoms with Crippen LogP contribution in [-0.4, -0.2) is 43.6 Å². The number of nitrogens with zero attached hydrogens (tertiary/aromatic N) is 5. The lowest BCUT2D eigenvalue weighted by Gasteiger charge is -2.12. The molecule has 0 spiro atoms. The van der Waals surface area contributed by atoms with Crippen LogP contribution in [0, 0.1) is 5.82 Å². The first kappa shape index (κ1) is 20.8. The summed E-state index contributed by atoms with van der Waals surface area (Å²) >= 11 is 0. The zero-order chi connectivity index (χ0) is 22.9. The molecule has 172 valence electrons. The molecule has 34 heavy (non-hydrogen) atoms. The van der Waals surface area contributed by atoms with E-state index < -0.39 is 0 Å². The van der Waals surface area contributed by atoms with Crippen LogP contribution >= 0.6 is 0 Å². The Balaban J connectivity index is 1.25. The summed E-state index contributed by atoms with van der Waals surface area (Å²) in [5.41, 5.74) is 4.68. The standard InChI is InChI=1S/C25H24FN7O/c26-20-3-1-2-17(10-20)14-33-23-5-4-21(11-19(23)12-29-33)31-25-24-18(7-9-32(24)30-16-28-25)15-34-22-6-8-27-13-22/h1-5,7,9-12,16,22,27H,6,8,13-15H2,(H,28,30,31)/t22-/m0/s1. The molecule has 1 atom stereocenters. The number of rotatable bonds is 7. The molecule has 9 heteroatoms. The molecule has 6 rings (SSSR count). The maximum absolute atomic E-state index is 13.6. The van der Waals surface area contributed by atoms with Crippen molar-refractivity contribution in [3.8, 4) is 0 Å². The first-order chi connectivity index (χ1) is 16.7. The number of benzene rings is 2. The van der Waals surface area contributed by atoms with Gasteiger partial charge in [0, 0.05) is 29.4 Å². The number of aromatic nitrogens is 5. The van der Waals surface area contributed by atoms with Gasteiger partial charge in [-0.15, -0.1) is 0 Å². The Morgan fingerprint density at radius 1 is 1.15 bits per heavy atom. The molecule has 2 aromatic carbocycles. The third-order valence-corrected chi connectivity index (χ3v) is 6.15. The number of fused-ring (bicyclic) bond motifs is 2. The molecule has 4 heterocycles. The monoisotopic (exact) mass is 457 g/mol. The SMILES string of the molecule is Fc1cccc(Cn2ncc3cc(Nc4ncnn5ccc(CO[C@H]6CCNC6)c45)ccc32)c1. The van der Waals surface area contributed by atoms with Crippen molar-refractivity contribution < 1.29 is 9.13 Å². The number of nitrogens with one attached hydrogen (secondary N) is 2. The summed E-state index contributed by atoms with van der Waals surface area (Å²) in [5.74, 6) is 0.473. The first-order valence-corrected chi connectivity index (χ1v) is 11.3. The fraction of sp³-hybridized carbons (Fsp3) is 0.240. The molecule has 0 amide bonds. The minimum atomic E-state index is -0.244. The molecule has 8 nitrogen and oxygen atoms in total. The molecule has 5 aromatic rings. The molecular formula is C25H24FN7O. The van der Waals surface area contributed by atoms with E-state index in [4.69, 9.17) is 4.74 Å². The smallest absolute Gasteiger partial charge is 0.158 e. The molecule has 0 saturated carbocycles. The average molecular weight is 458 g/mol. The summed E-state index contributed by atoms with van der Waals surface area (Å²) in [6.45, 7) is 2.90.